The zero-order valence-electron chi connectivity index (χ0n) is 13.5. The van der Waals surface area contributed by atoms with E-state index in [4.69, 9.17) is 5.73 Å². The van der Waals surface area contributed by atoms with Gasteiger partial charge in [0.1, 0.15) is 6.04 Å². The first-order chi connectivity index (χ1) is 12.2. The third kappa shape index (κ3) is 2.92. The van der Waals surface area contributed by atoms with E-state index in [0.29, 0.717) is 5.69 Å². The number of benzene rings is 2. The molecule has 2 unspecified atom stereocenters. The zero-order chi connectivity index (χ0) is 17.2. The fraction of sp³-hybridized carbons (Fsp3) is 0.100. The van der Waals surface area contributed by atoms with Gasteiger partial charge in [-0.2, -0.15) is 0 Å². The summed E-state index contributed by atoms with van der Waals surface area (Å²) in [6, 6.07) is 18.9. The molecule has 2 heterocycles. The van der Waals surface area contributed by atoms with E-state index in [0.717, 1.165) is 22.5 Å². The van der Waals surface area contributed by atoms with Crippen molar-refractivity contribution >= 4 is 23.0 Å². The van der Waals surface area contributed by atoms with Crippen molar-refractivity contribution in [1.82, 2.24) is 4.98 Å². The van der Waals surface area contributed by atoms with Crippen LogP contribution in [0.5, 0.6) is 0 Å². The largest absolute Gasteiger partial charge is 0.399 e. The number of fused-ring (bicyclic) bond motifs is 1. The molecule has 2 aromatic carbocycles. The number of carbonyl (C=O) groups excluding carboxylic acids is 1. The smallest absolute Gasteiger partial charge is 0.247 e. The van der Waals surface area contributed by atoms with Gasteiger partial charge in [-0.25, -0.2) is 0 Å². The minimum Gasteiger partial charge on any atom is -0.399 e. The van der Waals surface area contributed by atoms with Crippen LogP contribution >= 0.6 is 0 Å². The van der Waals surface area contributed by atoms with Crippen LogP contribution in [0.25, 0.3) is 0 Å². The number of nitrogens with zero attached hydrogens (tertiary/aromatic N) is 1. The Morgan fingerprint density at radius 2 is 1.80 bits per heavy atom. The Bertz CT molecular complexity index is 896. The van der Waals surface area contributed by atoms with E-state index in [1.165, 1.54) is 0 Å². The molecule has 3 aromatic rings. The average Bonchev–Trinajstić information content (AvgIpc) is 3.02. The number of pyridine rings is 1. The van der Waals surface area contributed by atoms with Crippen molar-refractivity contribution in [2.45, 2.75) is 12.0 Å². The monoisotopic (exact) mass is 330 g/mol. The Balaban J connectivity index is 1.70. The first kappa shape index (κ1) is 15.2. The molecule has 1 aromatic heterocycles. The van der Waals surface area contributed by atoms with Crippen LogP contribution < -0.4 is 16.4 Å². The summed E-state index contributed by atoms with van der Waals surface area (Å²) in [6.07, 6.45) is 3.31. The quantitative estimate of drug-likeness (QED) is 0.644. The number of anilines is 3. The molecule has 2 atom stereocenters. The topological polar surface area (TPSA) is 80.0 Å². The van der Waals surface area contributed by atoms with Gasteiger partial charge in [0.2, 0.25) is 5.91 Å². The lowest BCUT2D eigenvalue weighted by molar-refractivity contribution is -0.117. The summed E-state index contributed by atoms with van der Waals surface area (Å²) in [5.74, 6) is -0.184. The second-order valence-corrected chi connectivity index (χ2v) is 6.08. The number of carbonyl (C=O) groups is 1. The van der Waals surface area contributed by atoms with Crippen molar-refractivity contribution in [1.29, 1.82) is 0 Å². The van der Waals surface area contributed by atoms with Crippen molar-refractivity contribution in [3.8, 4) is 0 Å². The zero-order valence-corrected chi connectivity index (χ0v) is 13.5. The summed E-state index contributed by atoms with van der Waals surface area (Å²) < 4.78 is 0. The Hall–Kier alpha value is -3.34. The number of hydrogen-bond donors (Lipinski definition) is 3. The molecule has 0 bridgehead atoms. The molecule has 0 saturated heterocycles. The summed E-state index contributed by atoms with van der Waals surface area (Å²) in [5.41, 5.74) is 10.5. The molecule has 1 aliphatic heterocycles. The molecule has 5 heteroatoms. The molecule has 124 valence electrons. The highest BCUT2D eigenvalue weighted by Gasteiger charge is 2.38. The van der Waals surface area contributed by atoms with Crippen LogP contribution in [-0.2, 0) is 4.79 Å². The van der Waals surface area contributed by atoms with Gasteiger partial charge in [0, 0.05) is 35.4 Å². The lowest BCUT2D eigenvalue weighted by Crippen LogP contribution is -2.36. The number of aromatic nitrogens is 1. The number of nitrogens with one attached hydrogen (secondary N) is 2. The average molecular weight is 330 g/mol. The molecule has 1 amide bonds. The van der Waals surface area contributed by atoms with Crippen LogP contribution in [0.3, 0.4) is 0 Å². The fourth-order valence-corrected chi connectivity index (χ4v) is 3.30. The fourth-order valence-electron chi connectivity index (χ4n) is 3.30. The predicted octanol–water partition coefficient (Wildman–Crippen LogP) is 3.23. The van der Waals surface area contributed by atoms with Gasteiger partial charge >= 0.3 is 0 Å². The predicted molar refractivity (Wildman–Crippen MR) is 99.4 cm³/mol. The van der Waals surface area contributed by atoms with Crippen molar-refractivity contribution in [3.63, 3.8) is 0 Å². The molecule has 25 heavy (non-hydrogen) atoms. The number of hydrogen-bond acceptors (Lipinski definition) is 4. The van der Waals surface area contributed by atoms with Gasteiger partial charge in [0.05, 0.1) is 0 Å². The van der Waals surface area contributed by atoms with Crippen LogP contribution in [-0.4, -0.2) is 16.9 Å². The minimum atomic E-state index is -0.410. The summed E-state index contributed by atoms with van der Waals surface area (Å²) in [4.78, 5) is 16.9. The molecule has 0 fully saturated rings. The molecule has 0 saturated carbocycles. The highest BCUT2D eigenvalue weighted by molar-refractivity contribution is 5.99. The van der Waals surface area contributed by atoms with E-state index in [2.05, 4.69) is 15.6 Å². The molecule has 1 aliphatic rings. The van der Waals surface area contributed by atoms with Gasteiger partial charge < -0.3 is 16.4 Å². The molecule has 0 spiro atoms. The SMILES string of the molecule is Nc1ccc2c(c1)C(c1ccccc1)C(C(=O)Nc1ccncc1)N2. The number of amides is 1. The molecular weight excluding hydrogens is 312 g/mol. The van der Waals surface area contributed by atoms with E-state index in [1.54, 1.807) is 24.5 Å². The maximum atomic E-state index is 12.9. The Morgan fingerprint density at radius 1 is 1.04 bits per heavy atom. The Morgan fingerprint density at radius 3 is 2.56 bits per heavy atom. The minimum absolute atomic E-state index is 0.0881. The Kier molecular flexibility index (Phi) is 3.82. The van der Waals surface area contributed by atoms with Crippen molar-refractivity contribution in [2.24, 2.45) is 0 Å². The highest BCUT2D eigenvalue weighted by atomic mass is 16.2. The van der Waals surface area contributed by atoms with E-state index in [1.807, 2.05) is 48.5 Å². The second-order valence-electron chi connectivity index (χ2n) is 6.08. The van der Waals surface area contributed by atoms with Crippen molar-refractivity contribution < 1.29 is 4.79 Å². The third-order valence-corrected chi connectivity index (χ3v) is 4.44. The second kappa shape index (κ2) is 6.28. The van der Waals surface area contributed by atoms with E-state index in [9.17, 15) is 4.79 Å². The summed E-state index contributed by atoms with van der Waals surface area (Å²) >= 11 is 0. The van der Waals surface area contributed by atoms with Crippen LogP contribution in [0, 0.1) is 0 Å². The van der Waals surface area contributed by atoms with Gasteiger partial charge in [-0.3, -0.25) is 9.78 Å². The molecule has 4 rings (SSSR count). The van der Waals surface area contributed by atoms with Crippen LogP contribution in [0.4, 0.5) is 17.1 Å². The maximum Gasteiger partial charge on any atom is 0.247 e. The normalized spacial score (nSPS) is 18.2. The Labute approximate surface area is 145 Å². The lowest BCUT2D eigenvalue weighted by atomic mass is 9.87. The maximum absolute atomic E-state index is 12.9. The van der Waals surface area contributed by atoms with E-state index < -0.39 is 6.04 Å². The van der Waals surface area contributed by atoms with Gasteiger partial charge in [-0.1, -0.05) is 30.3 Å². The molecule has 4 N–H and O–H groups in total. The van der Waals surface area contributed by atoms with Crippen LogP contribution in [0.2, 0.25) is 0 Å². The van der Waals surface area contributed by atoms with Crippen LogP contribution in [0.15, 0.2) is 73.1 Å². The first-order valence-corrected chi connectivity index (χ1v) is 8.14. The summed E-state index contributed by atoms with van der Waals surface area (Å²) in [5, 5.41) is 6.31. The molecular formula is C20H18N4O. The van der Waals surface area contributed by atoms with E-state index in [-0.39, 0.29) is 11.8 Å². The first-order valence-electron chi connectivity index (χ1n) is 8.14. The lowest BCUT2D eigenvalue weighted by Gasteiger charge is -2.20. The van der Waals surface area contributed by atoms with Crippen LogP contribution in [0.1, 0.15) is 17.0 Å². The number of nitrogen functional groups attached to an aromatic ring is 1. The van der Waals surface area contributed by atoms with Crippen molar-refractivity contribution in [2.75, 3.05) is 16.4 Å². The van der Waals surface area contributed by atoms with Gasteiger partial charge in [-0.05, 0) is 41.5 Å². The number of nitrogens with two attached hydrogens (primary N) is 1. The summed E-state index contributed by atoms with van der Waals surface area (Å²) in [7, 11) is 0. The molecule has 5 nitrogen and oxygen atoms in total. The van der Waals surface area contributed by atoms with Gasteiger partial charge in [0.15, 0.2) is 0 Å². The third-order valence-electron chi connectivity index (χ3n) is 4.44. The molecule has 0 radical (unpaired) electrons. The molecule has 0 aliphatic carbocycles. The highest BCUT2D eigenvalue weighted by Crippen LogP contribution is 2.41. The standard InChI is InChI=1S/C20H18N4O/c21-14-6-7-17-16(12-14)18(13-4-2-1-3-5-13)19(24-17)20(25)23-15-8-10-22-11-9-15/h1-12,18-19,24H,21H2,(H,22,23,25). The van der Waals surface area contributed by atoms with Gasteiger partial charge in [-0.15, -0.1) is 0 Å². The van der Waals surface area contributed by atoms with E-state index >= 15 is 0 Å². The van der Waals surface area contributed by atoms with Crippen molar-refractivity contribution in [3.05, 3.63) is 84.2 Å². The van der Waals surface area contributed by atoms with Gasteiger partial charge in [0.25, 0.3) is 0 Å². The summed E-state index contributed by atoms with van der Waals surface area (Å²) in [6.45, 7) is 0. The number of rotatable bonds is 3.